The molecule has 1 saturated carbocycles. The van der Waals surface area contributed by atoms with Gasteiger partial charge in [-0.1, -0.05) is 31.7 Å². The largest absolute Gasteiger partial charge is 0.347 e. The summed E-state index contributed by atoms with van der Waals surface area (Å²) >= 11 is 0. The fourth-order valence-corrected chi connectivity index (χ4v) is 3.35. The molecule has 0 spiro atoms. The fourth-order valence-electron chi connectivity index (χ4n) is 3.35. The van der Waals surface area contributed by atoms with Crippen LogP contribution in [0.2, 0.25) is 0 Å². The van der Waals surface area contributed by atoms with Gasteiger partial charge in [-0.2, -0.15) is 0 Å². The molecule has 1 nitrogen and oxygen atoms in total. The molecule has 0 unspecified atom stereocenters. The number of rotatable bonds is 4. The van der Waals surface area contributed by atoms with Gasteiger partial charge in [0.15, 0.2) is 0 Å². The van der Waals surface area contributed by atoms with Crippen LogP contribution in [0.5, 0.6) is 0 Å². The molecule has 3 rings (SSSR count). The maximum absolute atomic E-state index is 13.7. The van der Waals surface area contributed by atoms with E-state index in [1.165, 1.54) is 43.4 Å². The number of hydrogen-bond acceptors (Lipinski definition) is 0. The highest BCUT2D eigenvalue weighted by molar-refractivity contribution is 5.23. The van der Waals surface area contributed by atoms with E-state index in [2.05, 4.69) is 16.8 Å². The van der Waals surface area contributed by atoms with E-state index in [0.717, 1.165) is 24.1 Å². The van der Waals surface area contributed by atoms with Gasteiger partial charge in [-0.3, -0.25) is 0 Å². The molecule has 0 radical (unpaired) electrons. The van der Waals surface area contributed by atoms with Gasteiger partial charge in [0.2, 0.25) is 0 Å². The first kappa shape index (κ1) is 14.3. The lowest BCUT2D eigenvalue weighted by Gasteiger charge is -2.08. The minimum Gasteiger partial charge on any atom is -0.347 e. The van der Waals surface area contributed by atoms with Gasteiger partial charge in [0, 0.05) is 23.5 Å². The molecule has 1 aliphatic rings. The third-order valence-corrected chi connectivity index (χ3v) is 4.52. The highest BCUT2D eigenvalue weighted by Crippen LogP contribution is 2.28. The third kappa shape index (κ3) is 3.34. The van der Waals surface area contributed by atoms with Crippen molar-refractivity contribution in [3.05, 3.63) is 58.9 Å². The fraction of sp³-hybridized carbons (Fsp3) is 0.444. The van der Waals surface area contributed by atoms with Crippen molar-refractivity contribution in [2.24, 2.45) is 5.92 Å². The van der Waals surface area contributed by atoms with E-state index < -0.39 is 11.6 Å². The van der Waals surface area contributed by atoms with Crippen LogP contribution in [0, 0.1) is 24.5 Å². The first-order chi connectivity index (χ1) is 10.1. The Balaban J connectivity index is 1.74. The zero-order chi connectivity index (χ0) is 14.8. The smallest absolute Gasteiger partial charge is 0.131 e. The Morgan fingerprint density at radius 2 is 1.90 bits per heavy atom. The Hall–Kier alpha value is -1.64. The Kier molecular flexibility index (Phi) is 4.09. The summed E-state index contributed by atoms with van der Waals surface area (Å²) in [6.07, 6.45) is 8.61. The van der Waals surface area contributed by atoms with Crippen molar-refractivity contribution in [3.63, 3.8) is 0 Å². The summed E-state index contributed by atoms with van der Waals surface area (Å²) in [6, 6.07) is 5.99. The second kappa shape index (κ2) is 6.00. The first-order valence-corrected chi connectivity index (χ1v) is 7.71. The third-order valence-electron chi connectivity index (χ3n) is 4.52. The van der Waals surface area contributed by atoms with Gasteiger partial charge >= 0.3 is 0 Å². The second-order valence-electron chi connectivity index (χ2n) is 6.21. The van der Waals surface area contributed by atoms with Crippen LogP contribution in [0.1, 0.15) is 42.5 Å². The maximum atomic E-state index is 13.7. The monoisotopic (exact) mass is 289 g/mol. The second-order valence-corrected chi connectivity index (χ2v) is 6.21. The summed E-state index contributed by atoms with van der Waals surface area (Å²) in [5, 5.41) is 0. The van der Waals surface area contributed by atoms with Crippen LogP contribution in [0.15, 0.2) is 30.5 Å². The minimum absolute atomic E-state index is 0.461. The van der Waals surface area contributed by atoms with E-state index in [9.17, 15) is 8.78 Å². The zero-order valence-corrected chi connectivity index (χ0v) is 12.4. The zero-order valence-electron chi connectivity index (χ0n) is 12.4. The SMILES string of the molecule is Cc1cc(CC2CCCC2)cn1Cc1ccc(F)cc1F. The molecule has 1 aliphatic carbocycles. The minimum atomic E-state index is -0.526. The molecule has 21 heavy (non-hydrogen) atoms. The van der Waals surface area contributed by atoms with Gasteiger partial charge in [0.25, 0.3) is 0 Å². The van der Waals surface area contributed by atoms with E-state index >= 15 is 0 Å². The van der Waals surface area contributed by atoms with Crippen molar-refractivity contribution in [1.82, 2.24) is 4.57 Å². The molecule has 0 atom stereocenters. The molecule has 112 valence electrons. The van der Waals surface area contributed by atoms with Crippen LogP contribution >= 0.6 is 0 Å². The molecule has 3 heteroatoms. The van der Waals surface area contributed by atoms with E-state index in [1.54, 1.807) is 0 Å². The summed E-state index contributed by atoms with van der Waals surface area (Å²) in [7, 11) is 0. The van der Waals surface area contributed by atoms with Crippen molar-refractivity contribution in [2.45, 2.75) is 45.6 Å². The van der Waals surface area contributed by atoms with Crippen LogP contribution in [0.4, 0.5) is 8.78 Å². The highest BCUT2D eigenvalue weighted by atomic mass is 19.1. The van der Waals surface area contributed by atoms with Gasteiger partial charge < -0.3 is 4.57 Å². The molecular formula is C18H21F2N. The number of hydrogen-bond donors (Lipinski definition) is 0. The Morgan fingerprint density at radius 3 is 2.62 bits per heavy atom. The van der Waals surface area contributed by atoms with Crippen molar-refractivity contribution in [2.75, 3.05) is 0 Å². The lowest BCUT2D eigenvalue weighted by Crippen LogP contribution is -2.03. The molecule has 1 aromatic heterocycles. The molecule has 0 amide bonds. The number of aromatic nitrogens is 1. The normalized spacial score (nSPS) is 15.8. The Labute approximate surface area is 124 Å². The number of nitrogens with zero attached hydrogens (tertiary/aromatic N) is 1. The van der Waals surface area contributed by atoms with Crippen LogP contribution in [-0.2, 0) is 13.0 Å². The van der Waals surface area contributed by atoms with Crippen LogP contribution in [0.3, 0.4) is 0 Å². The van der Waals surface area contributed by atoms with Crippen molar-refractivity contribution < 1.29 is 8.78 Å². The molecule has 1 heterocycles. The molecule has 2 aromatic rings. The lowest BCUT2D eigenvalue weighted by atomic mass is 10.00. The summed E-state index contributed by atoms with van der Waals surface area (Å²) in [4.78, 5) is 0. The standard InChI is InChI=1S/C18H21F2N/c1-13-8-15(9-14-4-2-3-5-14)11-21(13)12-16-6-7-17(19)10-18(16)20/h6-8,10-11,14H,2-5,9,12H2,1H3. The lowest BCUT2D eigenvalue weighted by molar-refractivity contribution is 0.545. The van der Waals surface area contributed by atoms with Gasteiger partial charge in [-0.25, -0.2) is 8.78 Å². The van der Waals surface area contributed by atoms with Gasteiger partial charge in [-0.15, -0.1) is 0 Å². The van der Waals surface area contributed by atoms with Gasteiger partial charge in [0.1, 0.15) is 11.6 Å². The topological polar surface area (TPSA) is 4.93 Å². The van der Waals surface area contributed by atoms with Crippen molar-refractivity contribution in [3.8, 4) is 0 Å². The summed E-state index contributed by atoms with van der Waals surface area (Å²) in [6.45, 7) is 2.50. The number of aryl methyl sites for hydroxylation is 1. The Morgan fingerprint density at radius 1 is 1.14 bits per heavy atom. The average Bonchev–Trinajstić information content (AvgIpc) is 3.04. The quantitative estimate of drug-likeness (QED) is 0.758. The molecule has 1 fully saturated rings. The van der Waals surface area contributed by atoms with Crippen LogP contribution in [0.25, 0.3) is 0 Å². The Bertz CT molecular complexity index is 624. The van der Waals surface area contributed by atoms with Crippen LogP contribution < -0.4 is 0 Å². The van der Waals surface area contributed by atoms with E-state index in [4.69, 9.17) is 0 Å². The molecule has 0 bridgehead atoms. The van der Waals surface area contributed by atoms with Crippen molar-refractivity contribution in [1.29, 1.82) is 0 Å². The highest BCUT2D eigenvalue weighted by Gasteiger charge is 2.16. The van der Waals surface area contributed by atoms with Gasteiger partial charge in [0.05, 0.1) is 6.54 Å². The van der Waals surface area contributed by atoms with Crippen LogP contribution in [-0.4, -0.2) is 4.57 Å². The predicted octanol–water partition coefficient (Wildman–Crippen LogP) is 4.86. The molecule has 1 aromatic carbocycles. The van der Waals surface area contributed by atoms with E-state index in [1.807, 2.05) is 6.92 Å². The number of benzene rings is 1. The predicted molar refractivity (Wildman–Crippen MR) is 80.3 cm³/mol. The maximum Gasteiger partial charge on any atom is 0.131 e. The molecular weight excluding hydrogens is 268 g/mol. The summed E-state index contributed by atoms with van der Waals surface area (Å²) < 4.78 is 28.8. The van der Waals surface area contributed by atoms with E-state index in [0.29, 0.717) is 12.1 Å². The first-order valence-electron chi connectivity index (χ1n) is 7.71. The molecule has 0 aliphatic heterocycles. The summed E-state index contributed by atoms with van der Waals surface area (Å²) in [5.74, 6) is -0.189. The van der Waals surface area contributed by atoms with Crippen molar-refractivity contribution >= 4 is 0 Å². The number of halogens is 2. The van der Waals surface area contributed by atoms with Gasteiger partial charge in [-0.05, 0) is 37.0 Å². The average molecular weight is 289 g/mol. The summed E-state index contributed by atoms with van der Waals surface area (Å²) in [5.41, 5.74) is 3.00. The molecule has 0 saturated heterocycles. The van der Waals surface area contributed by atoms with E-state index in [-0.39, 0.29) is 0 Å². The molecule has 0 N–H and O–H groups in total.